The summed E-state index contributed by atoms with van der Waals surface area (Å²) in [6.45, 7) is 11.4. The number of aliphatic carboxylic acids is 1. The highest BCUT2D eigenvalue weighted by Crippen LogP contribution is 2.15. The van der Waals surface area contributed by atoms with Crippen LogP contribution in [0.2, 0.25) is 0 Å². The zero-order valence-corrected chi connectivity index (χ0v) is 33.7. The Labute approximate surface area is 330 Å². The van der Waals surface area contributed by atoms with Crippen LogP contribution >= 0.6 is 0 Å². The van der Waals surface area contributed by atoms with Gasteiger partial charge in [0, 0.05) is 12.8 Å². The lowest BCUT2D eigenvalue weighted by Crippen LogP contribution is -2.15. The first-order chi connectivity index (χ1) is 27.1. The number of esters is 1. The highest BCUT2D eigenvalue weighted by molar-refractivity contribution is 5.69. The smallest absolute Gasteiger partial charge is 0.305 e. The Bertz CT molecular complexity index is 965. The van der Waals surface area contributed by atoms with E-state index in [1.54, 1.807) is 0 Å². The minimum atomic E-state index is -0.862. The van der Waals surface area contributed by atoms with Gasteiger partial charge in [0.1, 0.15) is 19.0 Å². The van der Waals surface area contributed by atoms with Crippen molar-refractivity contribution in [3.8, 4) is 5.75 Å². The Morgan fingerprint density at radius 2 is 0.800 bits per heavy atom. The lowest BCUT2D eigenvalue weighted by molar-refractivity contribution is -0.146. The van der Waals surface area contributed by atoms with Gasteiger partial charge in [-0.3, -0.25) is 9.59 Å². The van der Waals surface area contributed by atoms with Crippen molar-refractivity contribution in [3.05, 3.63) is 29.8 Å². The van der Waals surface area contributed by atoms with Crippen molar-refractivity contribution in [3.63, 3.8) is 0 Å². The maximum Gasteiger partial charge on any atom is 0.305 e. The molecule has 1 aromatic rings. The van der Waals surface area contributed by atoms with E-state index in [2.05, 4.69) is 19.1 Å². The monoisotopic (exact) mass is 788 g/mol. The summed E-state index contributed by atoms with van der Waals surface area (Å²) in [5.74, 6) is -0.329. The number of hydrogen-bond acceptors (Lipinski definition) is 13. The van der Waals surface area contributed by atoms with Gasteiger partial charge in [0.2, 0.25) is 0 Å². The predicted molar refractivity (Wildman–Crippen MR) is 208 cm³/mol. The molecular formula is C41H72O14. The van der Waals surface area contributed by atoms with Crippen LogP contribution in [0.3, 0.4) is 0 Å². The number of aryl methyl sites for hydroxylation is 1. The van der Waals surface area contributed by atoms with Crippen LogP contribution in [0.4, 0.5) is 0 Å². The Morgan fingerprint density at radius 3 is 1.22 bits per heavy atom. The molecule has 0 fully saturated rings. The molecule has 0 saturated heterocycles. The van der Waals surface area contributed by atoms with Crippen LogP contribution in [0.5, 0.6) is 5.75 Å². The van der Waals surface area contributed by atoms with Crippen molar-refractivity contribution in [2.24, 2.45) is 0 Å². The molecule has 0 amide bonds. The third-order valence-corrected chi connectivity index (χ3v) is 7.98. The van der Waals surface area contributed by atoms with E-state index in [0.717, 1.165) is 12.2 Å². The molecule has 14 nitrogen and oxygen atoms in total. The van der Waals surface area contributed by atoms with Crippen LogP contribution in [0.15, 0.2) is 24.3 Å². The molecule has 0 aliphatic rings. The van der Waals surface area contributed by atoms with E-state index in [0.29, 0.717) is 132 Å². The fraction of sp³-hybridized carbons (Fsp3) is 0.805. The zero-order chi connectivity index (χ0) is 39.5. The average molecular weight is 789 g/mol. The van der Waals surface area contributed by atoms with Crippen molar-refractivity contribution >= 4 is 11.9 Å². The second-order valence-electron chi connectivity index (χ2n) is 12.7. The zero-order valence-electron chi connectivity index (χ0n) is 33.7. The average Bonchev–Trinajstić information content (AvgIpc) is 3.18. The number of carboxylic acids is 1. The van der Waals surface area contributed by atoms with E-state index in [4.69, 9.17) is 57.2 Å². The van der Waals surface area contributed by atoms with Gasteiger partial charge in [-0.1, -0.05) is 57.6 Å². The fourth-order valence-corrected chi connectivity index (χ4v) is 4.95. The molecule has 0 radical (unpaired) electrons. The largest absolute Gasteiger partial charge is 0.491 e. The summed E-state index contributed by atoms with van der Waals surface area (Å²) in [6, 6.07) is 8.43. The lowest BCUT2D eigenvalue weighted by Gasteiger charge is -2.09. The highest BCUT2D eigenvalue weighted by Gasteiger charge is 2.04. The van der Waals surface area contributed by atoms with Gasteiger partial charge < -0.3 is 57.2 Å². The van der Waals surface area contributed by atoms with Crippen LogP contribution in [-0.4, -0.2) is 149 Å². The van der Waals surface area contributed by atoms with Gasteiger partial charge in [-0.2, -0.15) is 0 Å². The van der Waals surface area contributed by atoms with Gasteiger partial charge in [0.15, 0.2) is 0 Å². The van der Waals surface area contributed by atoms with Crippen LogP contribution in [0, 0.1) is 0 Å². The van der Waals surface area contributed by atoms with Crippen LogP contribution in [0.25, 0.3) is 0 Å². The second kappa shape index (κ2) is 41.2. The molecule has 0 atom stereocenters. The fourth-order valence-electron chi connectivity index (χ4n) is 4.95. The number of carbonyl (C=O) groups is 2. The van der Waals surface area contributed by atoms with Crippen molar-refractivity contribution in [2.45, 2.75) is 84.0 Å². The number of carboxylic acid groups (broad SMARTS) is 1. The first kappa shape index (κ1) is 50.6. The summed E-state index contributed by atoms with van der Waals surface area (Å²) in [4.78, 5) is 21.9. The van der Waals surface area contributed by atoms with Gasteiger partial charge in [-0.05, 0) is 43.4 Å². The Hall–Kier alpha value is -2.40. The Balaban J connectivity index is 1.69. The summed E-state index contributed by atoms with van der Waals surface area (Å²) in [7, 11) is 0. The van der Waals surface area contributed by atoms with Crippen LogP contribution in [-0.2, 0) is 63.4 Å². The summed E-state index contributed by atoms with van der Waals surface area (Å²) >= 11 is 0. The maximum atomic E-state index is 11.5. The molecule has 0 saturated carbocycles. The third-order valence-electron chi connectivity index (χ3n) is 7.98. The second-order valence-corrected chi connectivity index (χ2v) is 12.7. The van der Waals surface area contributed by atoms with Crippen molar-refractivity contribution in [2.75, 3.05) is 132 Å². The Kier molecular flexibility index (Phi) is 38.0. The van der Waals surface area contributed by atoms with Gasteiger partial charge in [-0.15, -0.1) is 0 Å². The summed E-state index contributed by atoms with van der Waals surface area (Å²) in [5.41, 5.74) is 1.37. The minimum Gasteiger partial charge on any atom is -0.491 e. The third kappa shape index (κ3) is 38.3. The molecule has 0 aromatic heterocycles. The normalized spacial score (nSPS) is 11.3. The quantitative estimate of drug-likeness (QED) is 0.0635. The molecule has 0 bridgehead atoms. The van der Waals surface area contributed by atoms with E-state index in [9.17, 15) is 9.59 Å². The molecule has 1 aromatic carbocycles. The number of benzene rings is 1. The van der Waals surface area contributed by atoms with E-state index in [1.807, 2.05) is 12.1 Å². The molecule has 0 heterocycles. The summed E-state index contributed by atoms with van der Waals surface area (Å²) in [5, 5.41) is 8.56. The topological polar surface area (TPSA) is 156 Å². The number of unbranched alkanes of at least 4 members (excludes halogenated alkanes) is 7. The van der Waals surface area contributed by atoms with Gasteiger partial charge in [-0.25, -0.2) is 0 Å². The molecule has 0 aliphatic carbocycles. The van der Waals surface area contributed by atoms with Crippen molar-refractivity contribution < 1.29 is 66.8 Å². The van der Waals surface area contributed by atoms with E-state index >= 15 is 0 Å². The first-order valence-electron chi connectivity index (χ1n) is 20.4. The van der Waals surface area contributed by atoms with Gasteiger partial charge in [0.05, 0.1) is 119 Å². The summed E-state index contributed by atoms with van der Waals surface area (Å²) < 4.78 is 60.1. The van der Waals surface area contributed by atoms with Crippen molar-refractivity contribution in [1.82, 2.24) is 0 Å². The number of carbonyl (C=O) groups excluding carboxylic acids is 1. The molecule has 0 aliphatic heterocycles. The molecule has 55 heavy (non-hydrogen) atoms. The van der Waals surface area contributed by atoms with Gasteiger partial charge in [0.25, 0.3) is 0 Å². The molecule has 1 N–H and O–H groups in total. The molecular weight excluding hydrogens is 716 g/mol. The number of ether oxygens (including phenoxy) is 11. The van der Waals surface area contributed by atoms with Crippen LogP contribution < -0.4 is 4.74 Å². The number of hydrogen-bond donors (Lipinski definition) is 1. The highest BCUT2D eigenvalue weighted by atomic mass is 16.6. The molecule has 320 valence electrons. The van der Waals surface area contributed by atoms with Gasteiger partial charge >= 0.3 is 11.9 Å². The molecule has 0 unspecified atom stereocenters. The molecule has 1 rings (SSSR count). The van der Waals surface area contributed by atoms with Crippen molar-refractivity contribution in [1.29, 1.82) is 0 Å². The molecule has 0 spiro atoms. The first-order valence-corrected chi connectivity index (χ1v) is 20.4. The van der Waals surface area contributed by atoms with E-state index in [-0.39, 0.29) is 32.0 Å². The molecule has 14 heteroatoms. The van der Waals surface area contributed by atoms with E-state index in [1.165, 1.54) is 50.5 Å². The van der Waals surface area contributed by atoms with E-state index < -0.39 is 5.97 Å². The van der Waals surface area contributed by atoms with Crippen LogP contribution in [0.1, 0.15) is 83.1 Å². The number of rotatable bonds is 44. The maximum absolute atomic E-state index is 11.5. The minimum absolute atomic E-state index is 0.0604. The standard InChI is InChI=1S/C41H72O14/c1-2-3-4-5-6-7-8-11-38-14-16-39(17-15-38)54-36-34-52-32-30-50-28-26-48-24-22-46-20-18-45-19-21-47-23-25-49-27-29-51-31-33-53-35-37-55-41(44)13-10-9-12-40(42)43/h14-17H,2-13,18-37H2,1H3,(H,42,43). The lowest BCUT2D eigenvalue weighted by atomic mass is 10.0. The summed E-state index contributed by atoms with van der Waals surface area (Å²) in [6.07, 6.45) is 11.7. The SMILES string of the molecule is CCCCCCCCCc1ccc(OCCOCCOCCOCCOCCOCCOCCOCCOCCOCCOC(=O)CCCCC(=O)O)cc1. The predicted octanol–water partition coefficient (Wildman–Crippen LogP) is 5.70. The Morgan fingerprint density at radius 1 is 0.436 bits per heavy atom.